The van der Waals surface area contributed by atoms with Crippen LogP contribution in [0.5, 0.6) is 0 Å². The molecule has 1 aromatic rings. The van der Waals surface area contributed by atoms with Gasteiger partial charge in [-0.3, -0.25) is 9.82 Å². The van der Waals surface area contributed by atoms with Gasteiger partial charge in [-0.15, -0.1) is 0 Å². The normalized spacial score (nSPS) is 13.8. The van der Waals surface area contributed by atoms with E-state index in [2.05, 4.69) is 14.9 Å². The molecule has 0 aliphatic rings. The molecule has 1 heterocycles. The van der Waals surface area contributed by atoms with E-state index in [1.54, 1.807) is 6.92 Å². The van der Waals surface area contributed by atoms with Crippen molar-refractivity contribution in [1.29, 1.82) is 0 Å². The first-order valence-corrected chi connectivity index (χ1v) is 6.20. The third kappa shape index (κ3) is 4.06. The summed E-state index contributed by atoms with van der Waals surface area (Å²) < 4.78 is 30.1. The molecule has 0 radical (unpaired) electrons. The molecule has 1 rings (SSSR count). The van der Waals surface area contributed by atoms with Crippen LogP contribution in [0, 0.1) is 0 Å². The number of hydrogen-bond acceptors (Lipinski definition) is 4. The highest BCUT2D eigenvalue weighted by Gasteiger charge is 2.16. The summed E-state index contributed by atoms with van der Waals surface area (Å²) in [6.07, 6.45) is -0.378. The molecule has 1 aromatic heterocycles. The highest BCUT2D eigenvalue weighted by atomic mass is 35.5. The lowest BCUT2D eigenvalue weighted by Crippen LogP contribution is -2.25. The average molecular weight is 254 g/mol. The van der Waals surface area contributed by atoms with Gasteiger partial charge >= 0.3 is 0 Å². The van der Waals surface area contributed by atoms with E-state index in [0.717, 1.165) is 0 Å². The van der Waals surface area contributed by atoms with Gasteiger partial charge in [0.15, 0.2) is 5.82 Å². The van der Waals surface area contributed by atoms with Crippen LogP contribution in [0.1, 0.15) is 6.92 Å². The number of H-pyrrole nitrogens is 1. The number of ether oxygens (including phenoxy) is 1. The third-order valence-electron chi connectivity index (χ3n) is 1.66. The van der Waals surface area contributed by atoms with Crippen molar-refractivity contribution in [2.45, 2.75) is 13.0 Å². The van der Waals surface area contributed by atoms with Crippen molar-refractivity contribution in [3.05, 3.63) is 11.2 Å². The minimum absolute atomic E-state index is 0.131. The molecule has 0 aromatic carbocycles. The second-order valence-corrected chi connectivity index (χ2v) is 5.21. The Morgan fingerprint density at radius 3 is 2.87 bits per heavy atom. The fraction of sp³-hybridized carbons (Fsp3) is 0.571. The molecule has 0 bridgehead atoms. The molecular weight excluding hydrogens is 242 g/mol. The topological polar surface area (TPSA) is 84.1 Å². The number of aromatic amines is 1. The van der Waals surface area contributed by atoms with E-state index < -0.39 is 10.0 Å². The van der Waals surface area contributed by atoms with Crippen LogP contribution in [0.2, 0.25) is 5.15 Å². The summed E-state index contributed by atoms with van der Waals surface area (Å²) in [7, 11) is -2.00. The molecule has 0 amide bonds. The summed E-state index contributed by atoms with van der Waals surface area (Å²) in [5, 5.41) is 6.33. The van der Waals surface area contributed by atoms with Crippen LogP contribution in [-0.4, -0.2) is 37.6 Å². The number of rotatable bonds is 5. The molecule has 0 aliphatic carbocycles. The lowest BCUT2D eigenvalue weighted by Gasteiger charge is -2.10. The monoisotopic (exact) mass is 253 g/mol. The Bertz CT molecular complexity index is 417. The molecule has 0 spiro atoms. The zero-order valence-corrected chi connectivity index (χ0v) is 9.89. The number of nitrogens with one attached hydrogen (secondary N) is 2. The maximum Gasteiger partial charge on any atom is 0.236 e. The highest BCUT2D eigenvalue weighted by molar-refractivity contribution is 7.92. The Labute approximate surface area is 93.0 Å². The lowest BCUT2D eigenvalue weighted by atomic mass is 10.5. The number of sulfonamides is 1. The van der Waals surface area contributed by atoms with Gasteiger partial charge in [0.25, 0.3) is 0 Å². The molecule has 86 valence electrons. The van der Waals surface area contributed by atoms with Gasteiger partial charge in [0, 0.05) is 13.2 Å². The van der Waals surface area contributed by atoms with Crippen LogP contribution < -0.4 is 4.72 Å². The standard InChI is InChI=1S/C7H12ClN3O3S/c1-5(14-2)4-15(12,13)11-7-3-6(8)9-10-7/h3,5H,4H2,1-2H3,(H2,9,10,11). The zero-order valence-electron chi connectivity index (χ0n) is 8.32. The lowest BCUT2D eigenvalue weighted by molar-refractivity contribution is 0.136. The second kappa shape index (κ2) is 4.82. The second-order valence-electron chi connectivity index (χ2n) is 3.03. The maximum atomic E-state index is 11.5. The van der Waals surface area contributed by atoms with Crippen LogP contribution in [0.3, 0.4) is 0 Å². The summed E-state index contributed by atoms with van der Waals surface area (Å²) in [6, 6.07) is 1.39. The molecule has 1 unspecified atom stereocenters. The molecular formula is C7H12ClN3O3S. The first-order valence-electron chi connectivity index (χ1n) is 4.17. The molecule has 8 heteroatoms. The zero-order chi connectivity index (χ0) is 11.5. The predicted octanol–water partition coefficient (Wildman–Crippen LogP) is 0.840. The van der Waals surface area contributed by atoms with Gasteiger partial charge in [-0.1, -0.05) is 11.6 Å². The Hall–Kier alpha value is -0.790. The van der Waals surface area contributed by atoms with Crippen LogP contribution in [0.25, 0.3) is 0 Å². The molecule has 0 saturated carbocycles. The number of hydrogen-bond donors (Lipinski definition) is 2. The van der Waals surface area contributed by atoms with E-state index in [0.29, 0.717) is 0 Å². The molecule has 0 aliphatic heterocycles. The minimum Gasteiger partial charge on any atom is -0.381 e. The Morgan fingerprint density at radius 2 is 2.40 bits per heavy atom. The average Bonchev–Trinajstić information content (AvgIpc) is 2.49. The quantitative estimate of drug-likeness (QED) is 0.815. The summed E-state index contributed by atoms with van der Waals surface area (Å²) in [5.41, 5.74) is 0. The van der Waals surface area contributed by atoms with Crippen molar-refractivity contribution in [3.63, 3.8) is 0 Å². The first kappa shape index (κ1) is 12.3. The maximum absolute atomic E-state index is 11.5. The Kier molecular flexibility index (Phi) is 3.95. The molecule has 15 heavy (non-hydrogen) atoms. The Balaban J connectivity index is 2.64. The summed E-state index contributed by atoms with van der Waals surface area (Å²) in [6.45, 7) is 1.66. The molecule has 1 atom stereocenters. The van der Waals surface area contributed by atoms with Crippen molar-refractivity contribution < 1.29 is 13.2 Å². The summed E-state index contributed by atoms with van der Waals surface area (Å²) in [4.78, 5) is 0. The van der Waals surface area contributed by atoms with E-state index in [1.165, 1.54) is 13.2 Å². The van der Waals surface area contributed by atoms with Crippen molar-refractivity contribution in [2.24, 2.45) is 0 Å². The van der Waals surface area contributed by atoms with E-state index in [1.807, 2.05) is 0 Å². The van der Waals surface area contributed by atoms with Crippen LogP contribution in [-0.2, 0) is 14.8 Å². The van der Waals surface area contributed by atoms with E-state index in [4.69, 9.17) is 16.3 Å². The molecule has 2 N–H and O–H groups in total. The highest BCUT2D eigenvalue weighted by Crippen LogP contribution is 2.12. The number of methoxy groups -OCH3 is 1. The van der Waals surface area contributed by atoms with Gasteiger partial charge in [0.2, 0.25) is 10.0 Å². The number of halogens is 1. The van der Waals surface area contributed by atoms with Gasteiger partial charge in [0.05, 0.1) is 11.9 Å². The number of nitrogens with zero attached hydrogens (tertiary/aromatic N) is 1. The van der Waals surface area contributed by atoms with Gasteiger partial charge < -0.3 is 4.74 Å². The summed E-state index contributed by atoms with van der Waals surface area (Å²) >= 11 is 5.54. The number of aromatic nitrogens is 2. The number of anilines is 1. The SMILES string of the molecule is COC(C)CS(=O)(=O)Nc1cc(Cl)[nH]n1. The van der Waals surface area contributed by atoms with E-state index >= 15 is 0 Å². The van der Waals surface area contributed by atoms with E-state index in [9.17, 15) is 8.42 Å². The smallest absolute Gasteiger partial charge is 0.236 e. The molecule has 0 fully saturated rings. The van der Waals surface area contributed by atoms with Gasteiger partial charge in [0.1, 0.15) is 5.15 Å². The van der Waals surface area contributed by atoms with Crippen LogP contribution >= 0.6 is 11.6 Å². The van der Waals surface area contributed by atoms with Gasteiger partial charge in [-0.05, 0) is 6.92 Å². The van der Waals surface area contributed by atoms with Crippen LogP contribution in [0.15, 0.2) is 6.07 Å². The fourth-order valence-corrected chi connectivity index (χ4v) is 2.33. The van der Waals surface area contributed by atoms with Crippen molar-refractivity contribution in [3.8, 4) is 0 Å². The van der Waals surface area contributed by atoms with Gasteiger partial charge in [-0.2, -0.15) is 5.10 Å². The molecule has 6 nitrogen and oxygen atoms in total. The predicted molar refractivity (Wildman–Crippen MR) is 57.5 cm³/mol. The largest absolute Gasteiger partial charge is 0.381 e. The first-order chi connectivity index (χ1) is 6.93. The van der Waals surface area contributed by atoms with Crippen LogP contribution in [0.4, 0.5) is 5.82 Å². The minimum atomic E-state index is -3.45. The van der Waals surface area contributed by atoms with Crippen molar-refractivity contribution in [1.82, 2.24) is 10.2 Å². The van der Waals surface area contributed by atoms with Crippen molar-refractivity contribution in [2.75, 3.05) is 17.6 Å². The van der Waals surface area contributed by atoms with E-state index in [-0.39, 0.29) is 22.8 Å². The Morgan fingerprint density at radius 1 is 1.73 bits per heavy atom. The summed E-state index contributed by atoms with van der Waals surface area (Å²) in [5.74, 6) is 0.0388. The van der Waals surface area contributed by atoms with Gasteiger partial charge in [-0.25, -0.2) is 8.42 Å². The van der Waals surface area contributed by atoms with Crippen molar-refractivity contribution >= 4 is 27.4 Å². The fourth-order valence-electron chi connectivity index (χ4n) is 0.929. The molecule has 0 saturated heterocycles. The third-order valence-corrected chi connectivity index (χ3v) is 3.29.